The van der Waals surface area contributed by atoms with Crippen molar-refractivity contribution in [2.24, 2.45) is 31.9 Å². The van der Waals surface area contributed by atoms with Gasteiger partial charge >= 0.3 is 118 Å². The van der Waals surface area contributed by atoms with Gasteiger partial charge in [-0.15, -0.1) is 20.5 Å². The molecule has 0 aromatic heterocycles. The van der Waals surface area contributed by atoms with Crippen LogP contribution in [0.4, 0.5) is 28.4 Å². The summed E-state index contributed by atoms with van der Waals surface area (Å²) >= 11 is 0. The van der Waals surface area contributed by atoms with Crippen LogP contribution in [0.2, 0.25) is 0 Å². The standard InChI is InChI=1S/C39H27N5O17S4.2C2H7NO.2Cu.4Na/c45-29-13-20(9-11-25(29)41-43-27-17-32(63(53,54)55)23-7-4-8-31(62(50,51)52)35(23)37(27)47)21-10-12-26(30(46)14-21)42-44-28-18-33(64(56,57)58)24-15-22(40-39(49)19-5-2-1-3-6-19)16-34(65(59,60)61)36(24)38(28)48;2*3-1-2-4;;;;;;/h1-18,45-48H,(H,40,49)(H,50,51,52)(H,53,54,55)(H,56,57,58)(H,59,60,61);2*4H,1-3H2;;;;;;/q;;;;;4*+1. The van der Waals surface area contributed by atoms with E-state index in [0.717, 1.165) is 42.5 Å². The zero-order valence-corrected chi connectivity index (χ0v) is 54.7. The Morgan fingerprint density at radius 2 is 0.835 bits per heavy atom. The van der Waals surface area contributed by atoms with Crippen LogP contribution >= 0.6 is 0 Å². The molecule has 0 bridgehead atoms. The molecule has 1 amide bonds. The quantitative estimate of drug-likeness (QED) is 0.0290. The van der Waals surface area contributed by atoms with E-state index >= 15 is 0 Å². The second-order valence-corrected chi connectivity index (χ2v) is 20.2. The molecule has 0 saturated carbocycles. The first kappa shape index (κ1) is 78.5. The van der Waals surface area contributed by atoms with Gasteiger partial charge in [-0.3, -0.25) is 23.0 Å². The molecule has 0 aliphatic heterocycles. The predicted molar refractivity (Wildman–Crippen MR) is 261 cm³/mol. The number of amides is 1. The number of azo groups is 2. The Labute approximate surface area is 560 Å². The molecular formula is C43H41Cu2N7Na4O19S4+4. The molecular weight excluding hydrogens is 1270 g/mol. The van der Waals surface area contributed by atoms with Gasteiger partial charge in [0, 0.05) is 80.0 Å². The number of benzene rings is 7. The van der Waals surface area contributed by atoms with E-state index in [-0.39, 0.29) is 199 Å². The number of nitrogens with one attached hydrogen (secondary N) is 1. The van der Waals surface area contributed by atoms with Gasteiger partial charge in [0.05, 0.1) is 13.2 Å². The monoisotopic (exact) mass is 1300 g/mol. The molecule has 0 fully saturated rings. The third-order valence-corrected chi connectivity index (χ3v) is 13.2. The van der Waals surface area contributed by atoms with Crippen LogP contribution in [-0.2, 0) is 74.6 Å². The first-order chi connectivity index (χ1) is 34.2. The molecule has 7 rings (SSSR count). The summed E-state index contributed by atoms with van der Waals surface area (Å²) in [6.45, 7) is 0.944. The topological polar surface area (TPSA) is 469 Å². The maximum absolute atomic E-state index is 12.8. The number of nitrogens with two attached hydrogens (primary N) is 2. The number of nitrogens with zero attached hydrogens (tertiary/aromatic N) is 4. The summed E-state index contributed by atoms with van der Waals surface area (Å²) in [5.74, 6) is -3.93. The van der Waals surface area contributed by atoms with E-state index in [9.17, 15) is 77.1 Å². The third kappa shape index (κ3) is 20.3. The molecule has 36 heteroatoms. The zero-order chi connectivity index (χ0) is 54.2. The van der Waals surface area contributed by atoms with Crippen molar-refractivity contribution in [2.45, 2.75) is 19.6 Å². The summed E-state index contributed by atoms with van der Waals surface area (Å²) < 4.78 is 138. The molecule has 0 unspecified atom stereocenters. The number of carbonyl (C=O) groups is 1. The van der Waals surface area contributed by atoms with Gasteiger partial charge in [-0.2, -0.15) is 33.7 Å². The Hall–Kier alpha value is -2.55. The second-order valence-electron chi connectivity index (χ2n) is 14.6. The number of fused-ring (bicyclic) bond motifs is 2. The number of anilines is 1. The molecule has 0 aliphatic carbocycles. The molecule has 0 aliphatic rings. The summed E-state index contributed by atoms with van der Waals surface area (Å²) in [6.07, 6.45) is 0. The minimum absolute atomic E-state index is 0. The third-order valence-electron chi connectivity index (χ3n) is 9.63. The number of aliphatic hydroxyl groups is 2. The molecule has 0 atom stereocenters. The summed E-state index contributed by atoms with van der Waals surface area (Å²) in [5.41, 5.74) is 7.70. The van der Waals surface area contributed by atoms with Crippen LogP contribution in [-0.4, -0.2) is 115 Å². The summed E-state index contributed by atoms with van der Waals surface area (Å²) in [4.78, 5) is 8.90. The molecule has 15 N–H and O–H groups in total. The number of aromatic hydroxyl groups is 4. The molecule has 7 aromatic rings. The van der Waals surface area contributed by atoms with Gasteiger partial charge in [0.2, 0.25) is 0 Å². The van der Waals surface area contributed by atoms with Gasteiger partial charge in [0.15, 0.2) is 11.5 Å². The van der Waals surface area contributed by atoms with Crippen molar-refractivity contribution in [3.05, 3.63) is 115 Å². The summed E-state index contributed by atoms with van der Waals surface area (Å²) in [7, 11) is -20.7. The Morgan fingerprint density at radius 1 is 0.456 bits per heavy atom. The number of aliphatic hydroxyl groups excluding tert-OH is 2. The largest absolute Gasteiger partial charge is 1.00 e. The van der Waals surface area contributed by atoms with Crippen LogP contribution < -0.4 is 135 Å². The van der Waals surface area contributed by atoms with E-state index in [1.165, 1.54) is 48.5 Å². The molecule has 0 spiro atoms. The maximum atomic E-state index is 12.8. The Kier molecular flexibility index (Phi) is 33.5. The normalized spacial score (nSPS) is 11.2. The Morgan fingerprint density at radius 3 is 1.22 bits per heavy atom. The molecule has 0 heterocycles. The molecule has 408 valence electrons. The van der Waals surface area contributed by atoms with Crippen molar-refractivity contribution in [3.63, 3.8) is 0 Å². The molecule has 79 heavy (non-hydrogen) atoms. The fourth-order valence-electron chi connectivity index (χ4n) is 6.48. The van der Waals surface area contributed by atoms with Crippen LogP contribution in [0.5, 0.6) is 23.0 Å². The van der Waals surface area contributed by atoms with Gasteiger partial charge in [0.1, 0.15) is 53.8 Å². The van der Waals surface area contributed by atoms with Crippen molar-refractivity contribution in [2.75, 3.05) is 31.6 Å². The van der Waals surface area contributed by atoms with Crippen LogP contribution in [0.15, 0.2) is 149 Å². The minimum atomic E-state index is -5.30. The van der Waals surface area contributed by atoms with Crippen LogP contribution in [0.3, 0.4) is 0 Å². The van der Waals surface area contributed by atoms with Crippen molar-refractivity contribution in [3.8, 4) is 34.1 Å². The van der Waals surface area contributed by atoms with E-state index in [1.54, 1.807) is 6.07 Å². The summed E-state index contributed by atoms with van der Waals surface area (Å²) in [6, 6.07) is 20.8. The van der Waals surface area contributed by atoms with Gasteiger partial charge in [0.25, 0.3) is 46.4 Å². The van der Waals surface area contributed by atoms with E-state index in [4.69, 9.17) is 21.7 Å². The molecule has 26 nitrogen and oxygen atoms in total. The average molecular weight is 1310 g/mol. The van der Waals surface area contributed by atoms with Crippen LogP contribution in [0, 0.1) is 0 Å². The SMILES string of the molecule is NCCO.NCCO.O=C(Nc1cc(S(=O)(=O)O)c2c(O)c(N=Nc3ccc(-c4ccc(N=Nc5cc(S(=O)(=O)O)c6cccc(S(=O)(=O)O)c6c5O)c(O)c4)cc3O)cc(S(=O)(=O)O)c2c1)c1ccccc1.[Cu].[Cu].[Na+].[Na+].[Na+].[Na+]. The van der Waals surface area contributed by atoms with E-state index in [0.29, 0.717) is 25.2 Å². The zero-order valence-electron chi connectivity index (χ0n) is 41.5. The van der Waals surface area contributed by atoms with Crippen LogP contribution in [0.1, 0.15) is 10.4 Å². The smallest absolute Gasteiger partial charge is 0.506 e. The van der Waals surface area contributed by atoms with E-state index < -0.39 is 122 Å². The van der Waals surface area contributed by atoms with E-state index in [2.05, 4.69) is 25.8 Å². The van der Waals surface area contributed by atoms with Crippen LogP contribution in [0.25, 0.3) is 32.7 Å². The number of phenolic OH excluding ortho intramolecular Hbond substituents is 4. The number of phenols is 4. The molecule has 0 saturated heterocycles. The molecule has 7 aromatic carbocycles. The first-order valence-corrected chi connectivity index (χ1v) is 25.9. The van der Waals surface area contributed by atoms with Crippen molar-refractivity contribution in [1.29, 1.82) is 0 Å². The van der Waals surface area contributed by atoms with Crippen molar-refractivity contribution >= 4 is 96.4 Å². The number of hydrogen-bond acceptors (Lipinski definition) is 21. The summed E-state index contributed by atoms with van der Waals surface area (Å²) in [5, 5.41) is 74.0. The van der Waals surface area contributed by atoms with Gasteiger partial charge in [-0.1, -0.05) is 42.5 Å². The number of rotatable bonds is 13. The van der Waals surface area contributed by atoms with E-state index in [1.807, 2.05) is 0 Å². The van der Waals surface area contributed by atoms with Gasteiger partial charge in [-0.05, 0) is 77.9 Å². The first-order valence-electron chi connectivity index (χ1n) is 20.2. The average Bonchev–Trinajstić information content (AvgIpc) is 3.32. The minimum Gasteiger partial charge on any atom is -0.506 e. The Bertz CT molecular complexity index is 3820. The Balaban J connectivity index is 0. The number of hydrogen-bond donors (Lipinski definition) is 13. The fraction of sp³-hybridized carbons (Fsp3) is 0.0930. The fourth-order valence-corrected chi connectivity index (χ4v) is 9.35. The molecule has 2 radical (unpaired) electrons. The van der Waals surface area contributed by atoms with Gasteiger partial charge in [-0.25, -0.2) is 0 Å². The van der Waals surface area contributed by atoms with Gasteiger partial charge < -0.3 is 47.4 Å². The number of carbonyl (C=O) groups excluding carboxylic acids is 1. The van der Waals surface area contributed by atoms with Crippen molar-refractivity contribution in [1.82, 2.24) is 0 Å². The maximum Gasteiger partial charge on any atom is 1.00 e. The predicted octanol–water partition coefficient (Wildman–Crippen LogP) is -6.56. The van der Waals surface area contributed by atoms with Crippen molar-refractivity contribution < 1.29 is 240 Å². The second kappa shape index (κ2) is 33.7.